The van der Waals surface area contributed by atoms with Crippen molar-refractivity contribution in [3.05, 3.63) is 23.2 Å². The molecule has 1 aromatic carbocycles. The Bertz CT molecular complexity index is 602. The van der Waals surface area contributed by atoms with E-state index in [1.807, 2.05) is 0 Å². The van der Waals surface area contributed by atoms with Gasteiger partial charge in [0.05, 0.1) is 5.02 Å². The van der Waals surface area contributed by atoms with E-state index in [4.69, 9.17) is 17.3 Å². The maximum Gasteiger partial charge on any atom is 0.244 e. The molecule has 0 aliphatic carbocycles. The fourth-order valence-electron chi connectivity index (χ4n) is 2.82. The van der Waals surface area contributed by atoms with E-state index in [0.29, 0.717) is 18.8 Å². The number of rotatable bonds is 5. The van der Waals surface area contributed by atoms with Gasteiger partial charge in [-0.3, -0.25) is 4.90 Å². The Balaban J connectivity index is 2.24. The van der Waals surface area contributed by atoms with Crippen LogP contribution in [0.3, 0.4) is 0 Å². The number of hydrogen-bond acceptors (Lipinski definition) is 4. The zero-order valence-corrected chi connectivity index (χ0v) is 14.0. The molecule has 0 spiro atoms. The summed E-state index contributed by atoms with van der Waals surface area (Å²) in [6.45, 7) is 7.07. The largest absolute Gasteiger partial charge is 0.399 e. The summed E-state index contributed by atoms with van der Waals surface area (Å²) in [6, 6.07) is 4.84. The van der Waals surface area contributed by atoms with E-state index in [2.05, 4.69) is 18.7 Å². The van der Waals surface area contributed by atoms with E-state index in [0.717, 1.165) is 19.5 Å². The van der Waals surface area contributed by atoms with Gasteiger partial charge in [-0.15, -0.1) is 0 Å². The van der Waals surface area contributed by atoms with Crippen molar-refractivity contribution < 1.29 is 8.42 Å². The zero-order chi connectivity index (χ0) is 15.6. The Kier molecular flexibility index (Phi) is 5.14. The number of likely N-dealkylation sites (N-methyl/N-ethyl adjacent to an activating group) is 1. The van der Waals surface area contributed by atoms with Crippen molar-refractivity contribution in [1.82, 2.24) is 9.21 Å². The Morgan fingerprint density at radius 1 is 1.38 bits per heavy atom. The van der Waals surface area contributed by atoms with Gasteiger partial charge in [0.2, 0.25) is 10.0 Å². The molecule has 1 aliphatic heterocycles. The quantitative estimate of drug-likeness (QED) is 0.838. The van der Waals surface area contributed by atoms with Gasteiger partial charge in [-0.05, 0) is 37.7 Å². The summed E-state index contributed by atoms with van der Waals surface area (Å²) in [5, 5.41) is 0.218. The third-order valence-corrected chi connectivity index (χ3v) is 6.37. The van der Waals surface area contributed by atoms with Crippen molar-refractivity contribution in [2.75, 3.05) is 31.9 Å². The molecule has 1 aromatic rings. The summed E-state index contributed by atoms with van der Waals surface area (Å²) in [5.74, 6) is 0. The van der Waals surface area contributed by atoms with Gasteiger partial charge in [0.25, 0.3) is 0 Å². The van der Waals surface area contributed by atoms with E-state index in [1.165, 1.54) is 16.4 Å². The predicted molar refractivity (Wildman–Crippen MR) is 85.9 cm³/mol. The van der Waals surface area contributed by atoms with Crippen molar-refractivity contribution in [3.8, 4) is 0 Å². The van der Waals surface area contributed by atoms with Crippen LogP contribution in [0.15, 0.2) is 23.1 Å². The first kappa shape index (κ1) is 16.5. The van der Waals surface area contributed by atoms with Gasteiger partial charge in [0.1, 0.15) is 4.90 Å². The number of halogens is 1. The highest BCUT2D eigenvalue weighted by molar-refractivity contribution is 7.89. The standard InChI is InChI=1S/C14H22ClN3O2S/c1-3-17(4-2)12-7-8-18(10-12)21(19,20)14-9-11(16)5-6-13(14)15/h5-6,9,12H,3-4,7-8,10,16H2,1-2H3. The van der Waals surface area contributed by atoms with Gasteiger partial charge in [-0.2, -0.15) is 4.31 Å². The van der Waals surface area contributed by atoms with Crippen molar-refractivity contribution in [2.45, 2.75) is 31.2 Å². The maximum absolute atomic E-state index is 12.7. The van der Waals surface area contributed by atoms with Crippen LogP contribution in [0.1, 0.15) is 20.3 Å². The molecule has 21 heavy (non-hydrogen) atoms. The highest BCUT2D eigenvalue weighted by Gasteiger charge is 2.35. The number of nitrogens with zero attached hydrogens (tertiary/aromatic N) is 2. The smallest absolute Gasteiger partial charge is 0.244 e. The van der Waals surface area contributed by atoms with E-state index in [1.54, 1.807) is 6.07 Å². The molecular weight excluding hydrogens is 310 g/mol. The fraction of sp³-hybridized carbons (Fsp3) is 0.571. The molecule has 1 heterocycles. The molecule has 1 atom stereocenters. The SMILES string of the molecule is CCN(CC)C1CCN(S(=O)(=O)c2cc(N)ccc2Cl)C1. The molecule has 0 bridgehead atoms. The second-order valence-electron chi connectivity index (χ2n) is 5.22. The number of sulfonamides is 1. The molecule has 0 aromatic heterocycles. The van der Waals surface area contributed by atoms with Crippen molar-refractivity contribution in [2.24, 2.45) is 0 Å². The first-order valence-corrected chi connectivity index (χ1v) is 9.01. The van der Waals surface area contributed by atoms with E-state index in [-0.39, 0.29) is 16.0 Å². The Labute approximate surface area is 131 Å². The molecule has 7 heteroatoms. The Morgan fingerprint density at radius 2 is 2.05 bits per heavy atom. The van der Waals surface area contributed by atoms with Crippen LogP contribution < -0.4 is 5.73 Å². The van der Waals surface area contributed by atoms with E-state index >= 15 is 0 Å². The lowest BCUT2D eigenvalue weighted by molar-refractivity contribution is 0.224. The molecule has 118 valence electrons. The maximum atomic E-state index is 12.7. The summed E-state index contributed by atoms with van der Waals surface area (Å²) >= 11 is 6.04. The molecule has 0 radical (unpaired) electrons. The van der Waals surface area contributed by atoms with Crippen LogP contribution in [0.2, 0.25) is 5.02 Å². The van der Waals surface area contributed by atoms with Crippen LogP contribution in [0.4, 0.5) is 5.69 Å². The molecule has 2 rings (SSSR count). The second-order valence-corrected chi connectivity index (χ2v) is 7.53. The predicted octanol–water partition coefficient (Wildman–Crippen LogP) is 2.03. The average Bonchev–Trinajstić information content (AvgIpc) is 2.93. The minimum atomic E-state index is -3.58. The van der Waals surface area contributed by atoms with Crippen LogP contribution in [-0.4, -0.2) is 49.8 Å². The fourth-order valence-corrected chi connectivity index (χ4v) is 4.83. The number of benzene rings is 1. The number of hydrogen-bond donors (Lipinski definition) is 1. The normalized spacial score (nSPS) is 20.3. The summed E-state index contributed by atoms with van der Waals surface area (Å²) in [4.78, 5) is 2.39. The van der Waals surface area contributed by atoms with Gasteiger partial charge >= 0.3 is 0 Å². The molecule has 1 aliphatic rings. The third-order valence-electron chi connectivity index (χ3n) is 4.03. The lowest BCUT2D eigenvalue weighted by Crippen LogP contribution is -2.38. The van der Waals surface area contributed by atoms with Gasteiger partial charge < -0.3 is 5.73 Å². The topological polar surface area (TPSA) is 66.6 Å². The molecule has 5 nitrogen and oxygen atoms in total. The molecule has 1 saturated heterocycles. The van der Waals surface area contributed by atoms with E-state index < -0.39 is 10.0 Å². The van der Waals surface area contributed by atoms with Gasteiger partial charge in [0, 0.05) is 24.8 Å². The van der Waals surface area contributed by atoms with Crippen molar-refractivity contribution >= 4 is 27.3 Å². The molecule has 0 amide bonds. The third kappa shape index (κ3) is 3.34. The minimum Gasteiger partial charge on any atom is -0.399 e. The molecule has 1 fully saturated rings. The van der Waals surface area contributed by atoms with Crippen LogP contribution >= 0.6 is 11.6 Å². The highest BCUT2D eigenvalue weighted by Crippen LogP contribution is 2.29. The summed E-state index contributed by atoms with van der Waals surface area (Å²) in [7, 11) is -3.58. The average molecular weight is 332 g/mol. The van der Waals surface area contributed by atoms with Crippen LogP contribution in [0.5, 0.6) is 0 Å². The first-order valence-electron chi connectivity index (χ1n) is 7.19. The highest BCUT2D eigenvalue weighted by atomic mass is 35.5. The molecule has 2 N–H and O–H groups in total. The van der Waals surface area contributed by atoms with Crippen molar-refractivity contribution in [1.29, 1.82) is 0 Å². The molecule has 0 saturated carbocycles. The van der Waals surface area contributed by atoms with Gasteiger partial charge in [-0.25, -0.2) is 8.42 Å². The first-order chi connectivity index (χ1) is 9.90. The number of anilines is 1. The molecular formula is C14H22ClN3O2S. The Morgan fingerprint density at radius 3 is 2.67 bits per heavy atom. The van der Waals surface area contributed by atoms with Gasteiger partial charge in [0.15, 0.2) is 0 Å². The van der Waals surface area contributed by atoms with Crippen molar-refractivity contribution in [3.63, 3.8) is 0 Å². The monoisotopic (exact) mass is 331 g/mol. The molecule has 1 unspecified atom stereocenters. The number of nitrogens with two attached hydrogens (primary N) is 1. The Hall–Kier alpha value is -0.820. The van der Waals surface area contributed by atoms with E-state index in [9.17, 15) is 8.42 Å². The van der Waals surface area contributed by atoms with Gasteiger partial charge in [-0.1, -0.05) is 25.4 Å². The van der Waals surface area contributed by atoms with Crippen LogP contribution in [0, 0.1) is 0 Å². The number of nitrogen functional groups attached to an aromatic ring is 1. The lowest BCUT2D eigenvalue weighted by atomic mass is 10.2. The second kappa shape index (κ2) is 6.52. The summed E-state index contributed by atoms with van der Waals surface area (Å²) < 4.78 is 26.9. The lowest BCUT2D eigenvalue weighted by Gasteiger charge is -2.26. The van der Waals surface area contributed by atoms with Crippen LogP contribution in [0.25, 0.3) is 0 Å². The van der Waals surface area contributed by atoms with Crippen LogP contribution in [-0.2, 0) is 10.0 Å². The minimum absolute atomic E-state index is 0.101. The summed E-state index contributed by atoms with van der Waals surface area (Å²) in [6.07, 6.45) is 0.848. The summed E-state index contributed by atoms with van der Waals surface area (Å²) in [5.41, 5.74) is 6.09. The zero-order valence-electron chi connectivity index (χ0n) is 12.4.